The third kappa shape index (κ3) is 5.35. The molecule has 2 nitrogen and oxygen atoms in total. The molecular weight excluding hydrogens is 280 g/mol. The molecule has 0 aliphatic carbocycles. The molecule has 1 aromatic carbocycles. The Labute approximate surface area is 117 Å². The van der Waals surface area contributed by atoms with Crippen LogP contribution in [0, 0.1) is 0 Å². The predicted molar refractivity (Wildman–Crippen MR) is 74.7 cm³/mol. The Hall–Kier alpha value is -0.150. The standard InChI is InChI=1S/C12H16Cl3NO/c1-2-16-5-3-4-6-17-12-8-10(14)9(13)7-11(12)15/h7-8,16H,2-6H2,1H3. The molecule has 0 saturated heterocycles. The summed E-state index contributed by atoms with van der Waals surface area (Å²) in [7, 11) is 0. The number of halogens is 3. The number of hydrogen-bond donors (Lipinski definition) is 1. The van der Waals surface area contributed by atoms with Gasteiger partial charge in [0, 0.05) is 6.07 Å². The molecular formula is C12H16Cl3NO. The lowest BCUT2D eigenvalue weighted by atomic mass is 10.3. The molecule has 17 heavy (non-hydrogen) atoms. The Bertz CT molecular complexity index is 358. The highest BCUT2D eigenvalue weighted by molar-refractivity contribution is 6.43. The van der Waals surface area contributed by atoms with E-state index in [1.54, 1.807) is 12.1 Å². The minimum atomic E-state index is 0.441. The smallest absolute Gasteiger partial charge is 0.139 e. The van der Waals surface area contributed by atoms with Crippen LogP contribution in [-0.4, -0.2) is 19.7 Å². The lowest BCUT2D eigenvalue weighted by Gasteiger charge is -2.09. The highest BCUT2D eigenvalue weighted by Gasteiger charge is 2.06. The average molecular weight is 297 g/mol. The van der Waals surface area contributed by atoms with Gasteiger partial charge in [-0.05, 0) is 32.0 Å². The summed E-state index contributed by atoms with van der Waals surface area (Å²) in [6.45, 7) is 4.73. The second-order valence-electron chi connectivity index (χ2n) is 3.61. The van der Waals surface area contributed by atoms with Crippen molar-refractivity contribution < 1.29 is 4.74 Å². The summed E-state index contributed by atoms with van der Waals surface area (Å²) in [5.74, 6) is 0.588. The van der Waals surface area contributed by atoms with Gasteiger partial charge in [0.2, 0.25) is 0 Å². The van der Waals surface area contributed by atoms with Crippen LogP contribution in [0.5, 0.6) is 5.75 Å². The lowest BCUT2D eigenvalue weighted by molar-refractivity contribution is 0.306. The van der Waals surface area contributed by atoms with Gasteiger partial charge in [-0.1, -0.05) is 41.7 Å². The quantitative estimate of drug-likeness (QED) is 0.594. The normalized spacial score (nSPS) is 10.6. The first-order valence-electron chi connectivity index (χ1n) is 5.63. The molecule has 0 bridgehead atoms. The van der Waals surface area contributed by atoms with Crippen LogP contribution in [0.25, 0.3) is 0 Å². The summed E-state index contributed by atoms with van der Waals surface area (Å²) in [4.78, 5) is 0. The van der Waals surface area contributed by atoms with E-state index in [-0.39, 0.29) is 0 Å². The first kappa shape index (κ1) is 14.9. The van der Waals surface area contributed by atoms with Crippen LogP contribution >= 0.6 is 34.8 Å². The van der Waals surface area contributed by atoms with Gasteiger partial charge in [0.1, 0.15) is 5.75 Å². The van der Waals surface area contributed by atoms with Gasteiger partial charge in [-0.2, -0.15) is 0 Å². The number of hydrogen-bond acceptors (Lipinski definition) is 2. The lowest BCUT2D eigenvalue weighted by Crippen LogP contribution is -2.14. The second kappa shape index (κ2) is 8.04. The van der Waals surface area contributed by atoms with Gasteiger partial charge in [0.25, 0.3) is 0 Å². The second-order valence-corrected chi connectivity index (χ2v) is 4.83. The molecule has 0 spiro atoms. The van der Waals surface area contributed by atoms with Gasteiger partial charge >= 0.3 is 0 Å². The summed E-state index contributed by atoms with van der Waals surface area (Å²) in [5, 5.41) is 4.64. The van der Waals surface area contributed by atoms with Crippen molar-refractivity contribution in [2.45, 2.75) is 19.8 Å². The van der Waals surface area contributed by atoms with Crippen molar-refractivity contribution in [1.82, 2.24) is 5.32 Å². The van der Waals surface area contributed by atoms with Crippen LogP contribution < -0.4 is 10.1 Å². The molecule has 0 unspecified atom stereocenters. The molecule has 1 rings (SSSR count). The van der Waals surface area contributed by atoms with Crippen LogP contribution in [0.2, 0.25) is 15.1 Å². The van der Waals surface area contributed by atoms with Crippen LogP contribution in [0.1, 0.15) is 19.8 Å². The zero-order valence-electron chi connectivity index (χ0n) is 9.73. The Balaban J connectivity index is 2.34. The number of benzene rings is 1. The van der Waals surface area contributed by atoms with Crippen LogP contribution in [0.4, 0.5) is 0 Å². The average Bonchev–Trinajstić information content (AvgIpc) is 2.30. The van der Waals surface area contributed by atoms with Crippen molar-refractivity contribution in [3.8, 4) is 5.75 Å². The maximum Gasteiger partial charge on any atom is 0.139 e. The summed E-state index contributed by atoms with van der Waals surface area (Å²) in [6.07, 6.45) is 2.05. The van der Waals surface area contributed by atoms with Crippen molar-refractivity contribution in [2.24, 2.45) is 0 Å². The number of rotatable bonds is 7. The fraction of sp³-hybridized carbons (Fsp3) is 0.500. The van der Waals surface area contributed by atoms with Crippen molar-refractivity contribution >= 4 is 34.8 Å². The molecule has 0 aromatic heterocycles. The molecule has 0 radical (unpaired) electrons. The molecule has 1 N–H and O–H groups in total. The van der Waals surface area contributed by atoms with E-state index in [9.17, 15) is 0 Å². The third-order valence-corrected chi connectivity index (χ3v) is 3.25. The highest BCUT2D eigenvalue weighted by Crippen LogP contribution is 2.33. The summed E-state index contributed by atoms with van der Waals surface area (Å²) >= 11 is 17.7. The van der Waals surface area contributed by atoms with Gasteiger partial charge in [0.05, 0.1) is 21.7 Å². The topological polar surface area (TPSA) is 21.3 Å². The Kier molecular flexibility index (Phi) is 7.05. The maximum absolute atomic E-state index is 5.98. The summed E-state index contributed by atoms with van der Waals surface area (Å²) in [5.41, 5.74) is 0. The number of ether oxygens (including phenoxy) is 1. The van der Waals surface area contributed by atoms with E-state index in [0.29, 0.717) is 27.4 Å². The molecule has 0 fully saturated rings. The fourth-order valence-corrected chi connectivity index (χ4v) is 1.92. The summed E-state index contributed by atoms with van der Waals surface area (Å²) < 4.78 is 5.55. The molecule has 96 valence electrons. The van der Waals surface area contributed by atoms with Crippen molar-refractivity contribution in [3.05, 3.63) is 27.2 Å². The molecule has 1 aromatic rings. The third-order valence-electron chi connectivity index (χ3n) is 2.23. The predicted octanol–water partition coefficient (Wildman–Crippen LogP) is 4.42. The van der Waals surface area contributed by atoms with E-state index in [0.717, 1.165) is 25.9 Å². The fourth-order valence-electron chi connectivity index (χ4n) is 1.33. The Morgan fingerprint density at radius 2 is 1.76 bits per heavy atom. The number of nitrogens with one attached hydrogen (secondary N) is 1. The summed E-state index contributed by atoms with van der Waals surface area (Å²) in [6, 6.07) is 3.25. The Morgan fingerprint density at radius 1 is 1.06 bits per heavy atom. The van der Waals surface area contributed by atoms with E-state index in [1.165, 1.54) is 0 Å². The Morgan fingerprint density at radius 3 is 2.47 bits per heavy atom. The minimum Gasteiger partial charge on any atom is -0.492 e. The SMILES string of the molecule is CCNCCCCOc1cc(Cl)c(Cl)cc1Cl. The minimum absolute atomic E-state index is 0.441. The van der Waals surface area contributed by atoms with E-state index in [4.69, 9.17) is 39.5 Å². The highest BCUT2D eigenvalue weighted by atomic mass is 35.5. The zero-order valence-corrected chi connectivity index (χ0v) is 12.0. The van der Waals surface area contributed by atoms with E-state index < -0.39 is 0 Å². The molecule has 0 atom stereocenters. The van der Waals surface area contributed by atoms with Crippen LogP contribution in [0.3, 0.4) is 0 Å². The maximum atomic E-state index is 5.98. The molecule has 5 heteroatoms. The first-order valence-corrected chi connectivity index (χ1v) is 6.76. The monoisotopic (exact) mass is 295 g/mol. The number of unbranched alkanes of at least 4 members (excludes halogenated alkanes) is 1. The zero-order chi connectivity index (χ0) is 12.7. The molecule has 0 amide bonds. The van der Waals surface area contributed by atoms with Gasteiger partial charge in [-0.3, -0.25) is 0 Å². The van der Waals surface area contributed by atoms with Crippen LogP contribution in [0.15, 0.2) is 12.1 Å². The van der Waals surface area contributed by atoms with Crippen molar-refractivity contribution in [3.63, 3.8) is 0 Å². The van der Waals surface area contributed by atoms with E-state index in [1.807, 2.05) is 0 Å². The molecule has 0 aliphatic heterocycles. The van der Waals surface area contributed by atoms with E-state index in [2.05, 4.69) is 12.2 Å². The van der Waals surface area contributed by atoms with Gasteiger partial charge in [0.15, 0.2) is 0 Å². The van der Waals surface area contributed by atoms with Gasteiger partial charge in [-0.15, -0.1) is 0 Å². The molecule has 0 saturated carbocycles. The van der Waals surface area contributed by atoms with Crippen molar-refractivity contribution in [2.75, 3.05) is 19.7 Å². The first-order chi connectivity index (χ1) is 8.15. The molecule has 0 heterocycles. The van der Waals surface area contributed by atoms with Gasteiger partial charge in [-0.25, -0.2) is 0 Å². The van der Waals surface area contributed by atoms with Crippen molar-refractivity contribution in [1.29, 1.82) is 0 Å². The molecule has 0 aliphatic rings. The van der Waals surface area contributed by atoms with E-state index >= 15 is 0 Å². The van der Waals surface area contributed by atoms with Gasteiger partial charge < -0.3 is 10.1 Å². The largest absolute Gasteiger partial charge is 0.492 e. The van der Waals surface area contributed by atoms with Crippen LogP contribution in [-0.2, 0) is 0 Å².